The van der Waals surface area contributed by atoms with Crippen molar-refractivity contribution >= 4 is 27.8 Å². The molecule has 0 saturated heterocycles. The van der Waals surface area contributed by atoms with Crippen LogP contribution in [0.5, 0.6) is 0 Å². The second-order valence-electron chi connectivity index (χ2n) is 5.54. The van der Waals surface area contributed by atoms with E-state index in [0.29, 0.717) is 0 Å². The van der Waals surface area contributed by atoms with Gasteiger partial charge in [0.1, 0.15) is 0 Å². The number of nitrogen functional groups attached to an aromatic ring is 1. The van der Waals surface area contributed by atoms with Gasteiger partial charge in [-0.2, -0.15) is 0 Å². The van der Waals surface area contributed by atoms with Crippen molar-refractivity contribution in [2.24, 2.45) is 0 Å². The number of rotatable bonds is 3. The topological polar surface area (TPSA) is 53.8 Å². The van der Waals surface area contributed by atoms with Crippen LogP contribution >= 0.6 is 0 Å². The van der Waals surface area contributed by atoms with Crippen molar-refractivity contribution in [2.75, 3.05) is 11.1 Å². The summed E-state index contributed by atoms with van der Waals surface area (Å²) in [6, 6.07) is 24.6. The van der Waals surface area contributed by atoms with Crippen LogP contribution in [0, 0.1) is 0 Å². The summed E-state index contributed by atoms with van der Waals surface area (Å²) in [5, 5.41) is 5.64. The van der Waals surface area contributed by atoms with Crippen LogP contribution in [0.1, 0.15) is 0 Å². The summed E-state index contributed by atoms with van der Waals surface area (Å²) >= 11 is 0. The molecule has 3 heteroatoms. The quantitative estimate of drug-likeness (QED) is 0.458. The number of nitrogens with two attached hydrogens (primary N) is 1. The lowest BCUT2D eigenvalue weighted by Gasteiger charge is -2.12. The van der Waals surface area contributed by atoms with Gasteiger partial charge in [-0.1, -0.05) is 42.5 Å². The van der Waals surface area contributed by atoms with Crippen LogP contribution in [0.4, 0.5) is 17.1 Å². The molecular formula is C20H17N3. The Hall–Kier alpha value is -3.20. The molecule has 0 unspecified atom stereocenters. The molecular weight excluding hydrogens is 282 g/mol. The molecule has 0 amide bonds. The largest absolute Gasteiger partial charge is 0.397 e. The van der Waals surface area contributed by atoms with Crippen molar-refractivity contribution in [1.29, 1.82) is 0 Å². The van der Waals surface area contributed by atoms with Crippen molar-refractivity contribution in [2.45, 2.75) is 0 Å². The molecule has 112 valence electrons. The molecule has 4 rings (SSSR count). The number of nitrogens with one attached hydrogen (secondary N) is 2. The van der Waals surface area contributed by atoms with E-state index in [1.165, 1.54) is 0 Å². The van der Waals surface area contributed by atoms with Crippen molar-refractivity contribution in [3.8, 4) is 11.3 Å². The molecule has 0 atom stereocenters. The van der Waals surface area contributed by atoms with E-state index in [9.17, 15) is 0 Å². The average Bonchev–Trinajstić information content (AvgIpc) is 3.13. The molecule has 1 heterocycles. The maximum atomic E-state index is 6.33. The van der Waals surface area contributed by atoms with Crippen LogP contribution in [-0.4, -0.2) is 4.98 Å². The fourth-order valence-corrected chi connectivity index (χ4v) is 2.83. The lowest BCUT2D eigenvalue weighted by atomic mass is 10.1. The summed E-state index contributed by atoms with van der Waals surface area (Å²) in [5.74, 6) is 0. The molecule has 4 aromatic rings. The monoisotopic (exact) mass is 299 g/mol. The lowest BCUT2D eigenvalue weighted by molar-refractivity contribution is 1.40. The van der Waals surface area contributed by atoms with Gasteiger partial charge in [0.15, 0.2) is 0 Å². The van der Waals surface area contributed by atoms with Crippen LogP contribution in [0.15, 0.2) is 79.0 Å². The Balaban J connectivity index is 1.71. The van der Waals surface area contributed by atoms with Gasteiger partial charge in [0.2, 0.25) is 0 Å². The summed E-state index contributed by atoms with van der Waals surface area (Å²) in [6.45, 7) is 0. The SMILES string of the molecule is Nc1c(Nc2cccc(-c3ccc[nH]3)c2)ccc2ccccc12. The molecule has 4 N–H and O–H groups in total. The summed E-state index contributed by atoms with van der Waals surface area (Å²) in [4.78, 5) is 3.23. The zero-order valence-corrected chi connectivity index (χ0v) is 12.6. The van der Waals surface area contributed by atoms with E-state index in [2.05, 4.69) is 40.6 Å². The van der Waals surface area contributed by atoms with Crippen LogP contribution in [0.3, 0.4) is 0 Å². The average molecular weight is 299 g/mol. The fourth-order valence-electron chi connectivity index (χ4n) is 2.83. The van der Waals surface area contributed by atoms with Crippen molar-refractivity contribution in [3.63, 3.8) is 0 Å². The number of hydrogen-bond acceptors (Lipinski definition) is 2. The van der Waals surface area contributed by atoms with Gasteiger partial charge in [-0.3, -0.25) is 0 Å². The Morgan fingerprint density at radius 3 is 2.61 bits per heavy atom. The summed E-state index contributed by atoms with van der Waals surface area (Å²) in [6.07, 6.45) is 1.93. The first kappa shape index (κ1) is 13.5. The van der Waals surface area contributed by atoms with Gasteiger partial charge in [-0.05, 0) is 41.3 Å². The van der Waals surface area contributed by atoms with E-state index in [1.54, 1.807) is 0 Å². The minimum absolute atomic E-state index is 0.772. The molecule has 0 aliphatic carbocycles. The van der Waals surface area contributed by atoms with Gasteiger partial charge >= 0.3 is 0 Å². The van der Waals surface area contributed by atoms with E-state index >= 15 is 0 Å². The molecule has 0 radical (unpaired) electrons. The van der Waals surface area contributed by atoms with Gasteiger partial charge in [0, 0.05) is 23.0 Å². The Labute approximate surface area is 134 Å². The molecule has 0 spiro atoms. The highest BCUT2D eigenvalue weighted by Gasteiger charge is 2.05. The van der Waals surface area contributed by atoms with Gasteiger partial charge < -0.3 is 16.0 Å². The van der Waals surface area contributed by atoms with Gasteiger partial charge in [-0.15, -0.1) is 0 Å². The summed E-state index contributed by atoms with van der Waals surface area (Å²) in [5.41, 5.74) is 11.3. The van der Waals surface area contributed by atoms with Crippen LogP contribution < -0.4 is 11.1 Å². The van der Waals surface area contributed by atoms with Crippen molar-refractivity contribution in [1.82, 2.24) is 4.98 Å². The number of aromatic nitrogens is 1. The normalized spacial score (nSPS) is 10.8. The van der Waals surface area contributed by atoms with Gasteiger partial charge in [0.25, 0.3) is 0 Å². The van der Waals surface area contributed by atoms with Crippen LogP contribution in [0.25, 0.3) is 22.0 Å². The van der Waals surface area contributed by atoms with E-state index < -0.39 is 0 Å². The zero-order chi connectivity index (χ0) is 15.6. The number of hydrogen-bond donors (Lipinski definition) is 3. The first-order valence-corrected chi connectivity index (χ1v) is 7.59. The third kappa shape index (κ3) is 2.53. The number of benzene rings is 3. The van der Waals surface area contributed by atoms with Crippen molar-refractivity contribution < 1.29 is 0 Å². The predicted octanol–water partition coefficient (Wildman–Crippen LogP) is 5.16. The third-order valence-electron chi connectivity index (χ3n) is 4.02. The number of aromatic amines is 1. The van der Waals surface area contributed by atoms with Crippen LogP contribution in [-0.2, 0) is 0 Å². The Morgan fingerprint density at radius 2 is 1.74 bits per heavy atom. The first-order chi connectivity index (χ1) is 11.3. The predicted molar refractivity (Wildman–Crippen MR) is 97.9 cm³/mol. The Morgan fingerprint density at radius 1 is 0.826 bits per heavy atom. The second kappa shape index (κ2) is 5.54. The van der Waals surface area contributed by atoms with E-state index in [0.717, 1.165) is 39.1 Å². The minimum Gasteiger partial charge on any atom is -0.397 e. The Kier molecular flexibility index (Phi) is 3.24. The molecule has 0 bridgehead atoms. The first-order valence-electron chi connectivity index (χ1n) is 7.59. The second-order valence-corrected chi connectivity index (χ2v) is 5.54. The maximum Gasteiger partial charge on any atom is 0.0633 e. The minimum atomic E-state index is 0.772. The third-order valence-corrected chi connectivity index (χ3v) is 4.02. The molecule has 3 aromatic carbocycles. The highest BCUT2D eigenvalue weighted by atomic mass is 14.9. The smallest absolute Gasteiger partial charge is 0.0633 e. The fraction of sp³-hybridized carbons (Fsp3) is 0. The van der Waals surface area contributed by atoms with E-state index in [1.807, 2.05) is 48.7 Å². The molecule has 0 aliphatic heterocycles. The number of H-pyrrole nitrogens is 1. The van der Waals surface area contributed by atoms with E-state index in [4.69, 9.17) is 5.73 Å². The highest BCUT2D eigenvalue weighted by Crippen LogP contribution is 2.31. The molecule has 0 aliphatic rings. The maximum absolute atomic E-state index is 6.33. The summed E-state index contributed by atoms with van der Waals surface area (Å²) < 4.78 is 0. The van der Waals surface area contributed by atoms with Crippen LogP contribution in [0.2, 0.25) is 0 Å². The summed E-state index contributed by atoms with van der Waals surface area (Å²) in [7, 11) is 0. The highest BCUT2D eigenvalue weighted by molar-refractivity contribution is 5.99. The Bertz CT molecular complexity index is 956. The zero-order valence-electron chi connectivity index (χ0n) is 12.6. The standard InChI is InChI=1S/C20H17N3/c21-20-17-8-2-1-5-14(17)10-11-19(20)23-16-7-3-6-15(13-16)18-9-4-12-22-18/h1-13,22-23H,21H2. The lowest BCUT2D eigenvalue weighted by Crippen LogP contribution is -1.97. The van der Waals surface area contributed by atoms with Gasteiger partial charge in [0.05, 0.1) is 11.4 Å². The molecule has 1 aromatic heterocycles. The van der Waals surface area contributed by atoms with Crippen molar-refractivity contribution in [3.05, 3.63) is 79.0 Å². The molecule has 0 saturated carbocycles. The van der Waals surface area contributed by atoms with Gasteiger partial charge in [-0.25, -0.2) is 0 Å². The molecule has 3 nitrogen and oxygen atoms in total. The molecule has 0 fully saturated rings. The number of fused-ring (bicyclic) bond motifs is 1. The number of anilines is 3. The molecule has 23 heavy (non-hydrogen) atoms. The van der Waals surface area contributed by atoms with E-state index in [-0.39, 0.29) is 0 Å².